The summed E-state index contributed by atoms with van der Waals surface area (Å²) in [7, 11) is 0. The molecule has 1 heterocycles. The number of aryl methyl sites for hydroxylation is 1. The van der Waals surface area contributed by atoms with Crippen molar-refractivity contribution in [3.05, 3.63) is 95.1 Å². The maximum atomic E-state index is 13.2. The zero-order valence-electron chi connectivity index (χ0n) is 16.7. The quantitative estimate of drug-likeness (QED) is 0.681. The molecule has 0 spiro atoms. The van der Waals surface area contributed by atoms with Crippen LogP contribution in [-0.4, -0.2) is 17.9 Å². The molecule has 1 N–H and O–H groups in total. The Hall–Kier alpha value is -3.40. The third kappa shape index (κ3) is 3.79. The van der Waals surface area contributed by atoms with E-state index in [1.807, 2.05) is 47.4 Å². The number of nitrogens with zero attached hydrogens (tertiary/aromatic N) is 1. The summed E-state index contributed by atoms with van der Waals surface area (Å²) < 4.78 is 0. The molecule has 3 aromatic carbocycles. The number of hydrogen-bond donors (Lipinski definition) is 1. The molecule has 1 aliphatic heterocycles. The molecule has 0 aromatic heterocycles. The first-order valence-electron chi connectivity index (χ1n) is 9.98. The van der Waals surface area contributed by atoms with Gasteiger partial charge in [0, 0.05) is 28.5 Å². The van der Waals surface area contributed by atoms with Crippen molar-refractivity contribution in [2.75, 3.05) is 10.2 Å². The fraction of sp³-hybridized carbons (Fsp3) is 0.200. The summed E-state index contributed by atoms with van der Waals surface area (Å²) >= 11 is 0. The van der Waals surface area contributed by atoms with Gasteiger partial charge in [-0.15, -0.1) is 0 Å². The molecule has 0 saturated carbocycles. The van der Waals surface area contributed by atoms with Gasteiger partial charge < -0.3 is 10.2 Å². The second-order valence-corrected chi connectivity index (χ2v) is 7.44. The highest BCUT2D eigenvalue weighted by atomic mass is 16.2. The largest absolute Gasteiger partial charge is 0.322 e. The van der Waals surface area contributed by atoms with E-state index in [0.717, 1.165) is 24.2 Å². The Bertz CT molecular complexity index is 1060. The fourth-order valence-electron chi connectivity index (χ4n) is 3.83. The van der Waals surface area contributed by atoms with Gasteiger partial charge in [0.25, 0.3) is 11.8 Å². The van der Waals surface area contributed by atoms with Crippen LogP contribution in [0.15, 0.2) is 72.8 Å². The Morgan fingerprint density at radius 2 is 1.69 bits per heavy atom. The molecule has 1 atom stereocenters. The summed E-state index contributed by atoms with van der Waals surface area (Å²) in [5.41, 5.74) is 5.08. The van der Waals surface area contributed by atoms with Crippen LogP contribution in [0.2, 0.25) is 0 Å². The number of para-hydroxylation sites is 1. The summed E-state index contributed by atoms with van der Waals surface area (Å²) in [5, 5.41) is 2.91. The Balaban J connectivity index is 1.55. The van der Waals surface area contributed by atoms with Gasteiger partial charge in [-0.05, 0) is 67.3 Å². The summed E-state index contributed by atoms with van der Waals surface area (Å²) in [6.45, 7) is 4.14. The van der Waals surface area contributed by atoms with Gasteiger partial charge in [0.05, 0.1) is 0 Å². The van der Waals surface area contributed by atoms with Crippen molar-refractivity contribution in [3.8, 4) is 0 Å². The first kappa shape index (κ1) is 18.9. The molecule has 0 bridgehead atoms. The lowest BCUT2D eigenvalue weighted by atomic mass is 10.1. The van der Waals surface area contributed by atoms with Crippen LogP contribution < -0.4 is 10.2 Å². The van der Waals surface area contributed by atoms with Gasteiger partial charge in [0.1, 0.15) is 0 Å². The fourth-order valence-corrected chi connectivity index (χ4v) is 3.83. The van der Waals surface area contributed by atoms with E-state index in [9.17, 15) is 9.59 Å². The number of hydrogen-bond acceptors (Lipinski definition) is 2. The van der Waals surface area contributed by atoms with Gasteiger partial charge in [-0.1, -0.05) is 43.3 Å². The Labute approximate surface area is 171 Å². The smallest absolute Gasteiger partial charge is 0.258 e. The van der Waals surface area contributed by atoms with E-state index in [1.165, 1.54) is 11.1 Å². The topological polar surface area (TPSA) is 49.4 Å². The van der Waals surface area contributed by atoms with Crippen molar-refractivity contribution < 1.29 is 9.59 Å². The lowest BCUT2D eigenvalue weighted by Gasteiger charge is -2.23. The van der Waals surface area contributed by atoms with Crippen LogP contribution in [0, 0.1) is 0 Å². The number of carbonyl (C=O) groups is 2. The lowest BCUT2D eigenvalue weighted by Crippen LogP contribution is -2.35. The molecule has 4 nitrogen and oxygen atoms in total. The molecule has 0 aliphatic carbocycles. The van der Waals surface area contributed by atoms with Gasteiger partial charge in [-0.3, -0.25) is 9.59 Å². The average molecular weight is 384 g/mol. The van der Waals surface area contributed by atoms with E-state index < -0.39 is 0 Å². The minimum Gasteiger partial charge on any atom is -0.322 e. The zero-order valence-corrected chi connectivity index (χ0v) is 16.7. The molecule has 2 amide bonds. The molecule has 146 valence electrons. The number of benzene rings is 3. The van der Waals surface area contributed by atoms with Crippen LogP contribution in [-0.2, 0) is 12.8 Å². The normalized spacial score (nSPS) is 15.1. The molecular formula is C25H24N2O2. The molecule has 0 saturated heterocycles. The van der Waals surface area contributed by atoms with E-state index in [4.69, 9.17) is 0 Å². The molecule has 4 heteroatoms. The van der Waals surface area contributed by atoms with Crippen molar-refractivity contribution in [2.45, 2.75) is 32.7 Å². The SMILES string of the molecule is CCc1ccc(NC(=O)c2cccc(C(=O)N3c4ccccc4CC3C)c2)cc1. The van der Waals surface area contributed by atoms with Crippen molar-refractivity contribution in [2.24, 2.45) is 0 Å². The summed E-state index contributed by atoms with van der Waals surface area (Å²) in [6.07, 6.45) is 1.80. The number of anilines is 2. The van der Waals surface area contributed by atoms with Crippen LogP contribution in [0.4, 0.5) is 11.4 Å². The van der Waals surface area contributed by atoms with Crippen LogP contribution >= 0.6 is 0 Å². The maximum Gasteiger partial charge on any atom is 0.258 e. The number of nitrogens with one attached hydrogen (secondary N) is 1. The molecule has 3 aromatic rings. The molecule has 0 radical (unpaired) electrons. The maximum absolute atomic E-state index is 13.2. The summed E-state index contributed by atoms with van der Waals surface area (Å²) in [4.78, 5) is 27.7. The predicted octanol–water partition coefficient (Wildman–Crippen LogP) is 5.09. The van der Waals surface area contributed by atoms with Gasteiger partial charge in [-0.25, -0.2) is 0 Å². The number of fused-ring (bicyclic) bond motifs is 1. The average Bonchev–Trinajstić information content (AvgIpc) is 3.09. The third-order valence-corrected chi connectivity index (χ3v) is 5.42. The number of carbonyl (C=O) groups excluding carboxylic acids is 2. The highest BCUT2D eigenvalue weighted by molar-refractivity contribution is 6.10. The van der Waals surface area contributed by atoms with E-state index in [-0.39, 0.29) is 17.9 Å². The Morgan fingerprint density at radius 1 is 0.966 bits per heavy atom. The minimum absolute atomic E-state index is 0.0793. The van der Waals surface area contributed by atoms with Gasteiger partial charge >= 0.3 is 0 Å². The van der Waals surface area contributed by atoms with Crippen molar-refractivity contribution in [3.63, 3.8) is 0 Å². The highest BCUT2D eigenvalue weighted by Gasteiger charge is 2.31. The number of rotatable bonds is 4. The van der Waals surface area contributed by atoms with Gasteiger partial charge in [0.2, 0.25) is 0 Å². The second-order valence-electron chi connectivity index (χ2n) is 7.44. The van der Waals surface area contributed by atoms with Crippen molar-refractivity contribution >= 4 is 23.2 Å². The first-order chi connectivity index (χ1) is 14.1. The molecule has 1 aliphatic rings. The van der Waals surface area contributed by atoms with Crippen LogP contribution in [0.3, 0.4) is 0 Å². The summed E-state index contributed by atoms with van der Waals surface area (Å²) in [5.74, 6) is -0.303. The summed E-state index contributed by atoms with van der Waals surface area (Å²) in [6, 6.07) is 22.8. The minimum atomic E-state index is -0.223. The van der Waals surface area contributed by atoms with Crippen molar-refractivity contribution in [1.29, 1.82) is 0 Å². The molecule has 29 heavy (non-hydrogen) atoms. The molecule has 1 unspecified atom stereocenters. The predicted molar refractivity (Wildman–Crippen MR) is 117 cm³/mol. The third-order valence-electron chi connectivity index (χ3n) is 5.42. The van der Waals surface area contributed by atoms with Crippen LogP contribution in [0.1, 0.15) is 45.7 Å². The number of amides is 2. The van der Waals surface area contributed by atoms with E-state index in [2.05, 4.69) is 25.2 Å². The Kier molecular flexibility index (Phi) is 5.17. The molecule has 0 fully saturated rings. The van der Waals surface area contributed by atoms with E-state index in [0.29, 0.717) is 11.1 Å². The van der Waals surface area contributed by atoms with Crippen molar-refractivity contribution in [1.82, 2.24) is 0 Å². The van der Waals surface area contributed by atoms with Gasteiger partial charge in [0.15, 0.2) is 0 Å². The second kappa shape index (κ2) is 7.92. The van der Waals surface area contributed by atoms with Crippen LogP contribution in [0.25, 0.3) is 0 Å². The Morgan fingerprint density at radius 3 is 2.45 bits per heavy atom. The molecule has 4 rings (SSSR count). The lowest BCUT2D eigenvalue weighted by molar-refractivity contribution is 0.0981. The van der Waals surface area contributed by atoms with Crippen LogP contribution in [0.5, 0.6) is 0 Å². The monoisotopic (exact) mass is 384 g/mol. The van der Waals surface area contributed by atoms with E-state index >= 15 is 0 Å². The molecular weight excluding hydrogens is 360 g/mol. The highest BCUT2D eigenvalue weighted by Crippen LogP contribution is 2.33. The standard InChI is InChI=1S/C25H24N2O2/c1-3-18-11-13-22(14-12-18)26-24(28)20-8-6-9-21(16-20)25(29)27-17(2)15-19-7-4-5-10-23(19)27/h4-14,16-17H,3,15H2,1-2H3,(H,26,28). The van der Waals surface area contributed by atoms with Gasteiger partial charge in [-0.2, -0.15) is 0 Å². The first-order valence-corrected chi connectivity index (χ1v) is 9.98. The van der Waals surface area contributed by atoms with E-state index in [1.54, 1.807) is 24.3 Å². The zero-order chi connectivity index (χ0) is 20.4.